The molecule has 112 valence electrons. The van der Waals surface area contributed by atoms with Crippen LogP contribution >= 0.6 is 0 Å². The summed E-state index contributed by atoms with van der Waals surface area (Å²) in [7, 11) is 0. The van der Waals surface area contributed by atoms with Gasteiger partial charge < -0.3 is 4.90 Å². The standard InChI is InChI=1S/C13H13F6N/c14-11(15)12(16,13(17,18)19)9-3-5-10(6-4-9)20-7-1-2-8-20/h3-6,11H,1-2,7-8H2. The van der Waals surface area contributed by atoms with Crippen LogP contribution in [-0.2, 0) is 5.67 Å². The predicted molar refractivity (Wildman–Crippen MR) is 62.7 cm³/mol. The summed E-state index contributed by atoms with van der Waals surface area (Å²) >= 11 is 0. The Morgan fingerprint density at radius 2 is 1.40 bits per heavy atom. The Bertz CT molecular complexity index is 449. The maximum Gasteiger partial charge on any atom is 0.432 e. The Balaban J connectivity index is 2.31. The molecule has 0 aliphatic carbocycles. The number of halogens is 6. The van der Waals surface area contributed by atoms with Gasteiger partial charge in [-0.25, -0.2) is 13.2 Å². The van der Waals surface area contributed by atoms with Crippen molar-refractivity contribution in [1.82, 2.24) is 0 Å². The molecule has 0 spiro atoms. The predicted octanol–water partition coefficient (Wildman–Crippen LogP) is 4.28. The van der Waals surface area contributed by atoms with Gasteiger partial charge >= 0.3 is 6.18 Å². The summed E-state index contributed by atoms with van der Waals surface area (Å²) in [5.41, 5.74) is -5.08. The van der Waals surface area contributed by atoms with Gasteiger partial charge in [0.1, 0.15) is 0 Å². The van der Waals surface area contributed by atoms with Crippen molar-refractivity contribution in [1.29, 1.82) is 0 Å². The van der Waals surface area contributed by atoms with E-state index in [0.717, 1.165) is 38.1 Å². The van der Waals surface area contributed by atoms with E-state index in [4.69, 9.17) is 0 Å². The lowest BCUT2D eigenvalue weighted by Gasteiger charge is -2.28. The van der Waals surface area contributed by atoms with Gasteiger partial charge in [-0.05, 0) is 25.0 Å². The molecule has 0 N–H and O–H groups in total. The molecular weight excluding hydrogens is 284 g/mol. The number of benzene rings is 1. The number of hydrogen-bond acceptors (Lipinski definition) is 1. The SMILES string of the molecule is FC(F)C(F)(c1ccc(N2CCCC2)cc1)C(F)(F)F. The van der Waals surface area contributed by atoms with Crippen LogP contribution in [-0.4, -0.2) is 25.7 Å². The smallest absolute Gasteiger partial charge is 0.372 e. The summed E-state index contributed by atoms with van der Waals surface area (Å²) in [6.45, 7) is 1.52. The van der Waals surface area contributed by atoms with Crippen molar-refractivity contribution in [2.24, 2.45) is 0 Å². The Morgan fingerprint density at radius 3 is 1.80 bits per heavy atom. The van der Waals surface area contributed by atoms with E-state index in [0.29, 0.717) is 5.69 Å². The van der Waals surface area contributed by atoms with Crippen LogP contribution in [0.3, 0.4) is 0 Å². The second-order valence-electron chi connectivity index (χ2n) is 4.75. The molecular formula is C13H13F6N. The molecule has 2 rings (SSSR count). The fourth-order valence-corrected chi connectivity index (χ4v) is 2.30. The van der Waals surface area contributed by atoms with Gasteiger partial charge in [-0.15, -0.1) is 0 Å². The third-order valence-corrected chi connectivity index (χ3v) is 3.47. The van der Waals surface area contributed by atoms with Crippen molar-refractivity contribution >= 4 is 5.69 Å². The van der Waals surface area contributed by atoms with Gasteiger partial charge in [-0.2, -0.15) is 13.2 Å². The van der Waals surface area contributed by atoms with Crippen LogP contribution < -0.4 is 4.90 Å². The molecule has 1 unspecified atom stereocenters. The number of nitrogens with zero attached hydrogens (tertiary/aromatic N) is 1. The monoisotopic (exact) mass is 297 g/mol. The minimum atomic E-state index is -5.66. The number of anilines is 1. The van der Waals surface area contributed by atoms with E-state index in [2.05, 4.69) is 0 Å². The van der Waals surface area contributed by atoms with Crippen LogP contribution in [0.15, 0.2) is 24.3 Å². The summed E-state index contributed by atoms with van der Waals surface area (Å²) in [5.74, 6) is 0. The fraction of sp³-hybridized carbons (Fsp3) is 0.538. The van der Waals surface area contributed by atoms with Crippen molar-refractivity contribution < 1.29 is 26.3 Å². The third kappa shape index (κ3) is 2.45. The zero-order valence-electron chi connectivity index (χ0n) is 10.4. The van der Waals surface area contributed by atoms with Gasteiger partial charge in [0.05, 0.1) is 0 Å². The molecule has 1 saturated heterocycles. The lowest BCUT2D eigenvalue weighted by Crippen LogP contribution is -2.44. The molecule has 0 amide bonds. The van der Waals surface area contributed by atoms with E-state index >= 15 is 0 Å². The van der Waals surface area contributed by atoms with Gasteiger partial charge in [0.2, 0.25) is 0 Å². The Labute approximate surface area is 112 Å². The molecule has 0 aromatic heterocycles. The lowest BCUT2D eigenvalue weighted by atomic mass is 9.95. The molecule has 0 bridgehead atoms. The van der Waals surface area contributed by atoms with Gasteiger partial charge in [0.15, 0.2) is 0 Å². The Kier molecular flexibility index (Phi) is 3.88. The van der Waals surface area contributed by atoms with Crippen LogP contribution in [0.25, 0.3) is 0 Å². The van der Waals surface area contributed by atoms with Crippen molar-refractivity contribution in [2.75, 3.05) is 18.0 Å². The van der Waals surface area contributed by atoms with Crippen LogP contribution in [0.5, 0.6) is 0 Å². The quantitative estimate of drug-likeness (QED) is 0.753. The summed E-state index contributed by atoms with van der Waals surface area (Å²) in [6.07, 6.45) is -7.89. The second-order valence-corrected chi connectivity index (χ2v) is 4.75. The van der Waals surface area contributed by atoms with Gasteiger partial charge in [-0.1, -0.05) is 12.1 Å². The third-order valence-electron chi connectivity index (χ3n) is 3.47. The first-order valence-electron chi connectivity index (χ1n) is 6.16. The number of rotatable bonds is 3. The highest BCUT2D eigenvalue weighted by Gasteiger charge is 2.63. The average molecular weight is 297 g/mol. The van der Waals surface area contributed by atoms with Crippen LogP contribution in [0.4, 0.5) is 32.0 Å². The molecule has 1 aliphatic rings. The van der Waals surface area contributed by atoms with E-state index in [1.54, 1.807) is 0 Å². The molecule has 0 radical (unpaired) electrons. The zero-order valence-corrected chi connectivity index (χ0v) is 10.4. The fourth-order valence-electron chi connectivity index (χ4n) is 2.30. The van der Waals surface area contributed by atoms with Crippen molar-refractivity contribution in [3.63, 3.8) is 0 Å². The first kappa shape index (κ1) is 15.0. The molecule has 1 atom stereocenters. The molecule has 1 nitrogen and oxygen atoms in total. The summed E-state index contributed by atoms with van der Waals surface area (Å²) in [4.78, 5) is 1.92. The highest BCUT2D eigenvalue weighted by molar-refractivity contribution is 5.49. The first-order valence-corrected chi connectivity index (χ1v) is 6.16. The zero-order chi connectivity index (χ0) is 15.0. The lowest BCUT2D eigenvalue weighted by molar-refractivity contribution is -0.274. The van der Waals surface area contributed by atoms with E-state index in [1.807, 2.05) is 4.90 Å². The van der Waals surface area contributed by atoms with Crippen molar-refractivity contribution in [3.8, 4) is 0 Å². The minimum absolute atomic E-state index is 0.616. The molecule has 7 heteroatoms. The van der Waals surface area contributed by atoms with Crippen LogP contribution in [0.2, 0.25) is 0 Å². The number of alkyl halides is 6. The largest absolute Gasteiger partial charge is 0.432 e. The van der Waals surface area contributed by atoms with E-state index in [1.165, 1.54) is 12.1 Å². The van der Waals surface area contributed by atoms with Gasteiger partial charge in [0, 0.05) is 24.3 Å². The topological polar surface area (TPSA) is 3.24 Å². The van der Waals surface area contributed by atoms with E-state index < -0.39 is 23.8 Å². The van der Waals surface area contributed by atoms with Gasteiger partial charge in [-0.3, -0.25) is 0 Å². The summed E-state index contributed by atoms with van der Waals surface area (Å²) in [6, 6.07) is 4.08. The van der Waals surface area contributed by atoms with Crippen LogP contribution in [0, 0.1) is 0 Å². The van der Waals surface area contributed by atoms with Crippen molar-refractivity contribution in [2.45, 2.75) is 31.1 Å². The Morgan fingerprint density at radius 1 is 0.900 bits per heavy atom. The van der Waals surface area contributed by atoms with E-state index in [-0.39, 0.29) is 0 Å². The van der Waals surface area contributed by atoms with Gasteiger partial charge in [0.25, 0.3) is 12.1 Å². The molecule has 1 fully saturated rings. The maximum absolute atomic E-state index is 13.8. The second kappa shape index (κ2) is 5.18. The highest BCUT2D eigenvalue weighted by Crippen LogP contribution is 2.47. The maximum atomic E-state index is 13.8. The molecule has 0 saturated carbocycles. The number of hydrogen-bond donors (Lipinski definition) is 0. The summed E-state index contributed by atoms with van der Waals surface area (Å²) in [5, 5.41) is 0. The van der Waals surface area contributed by atoms with E-state index in [9.17, 15) is 26.3 Å². The minimum Gasteiger partial charge on any atom is -0.372 e. The van der Waals surface area contributed by atoms with Crippen molar-refractivity contribution in [3.05, 3.63) is 29.8 Å². The molecule has 1 aromatic carbocycles. The van der Waals surface area contributed by atoms with Crippen LogP contribution in [0.1, 0.15) is 18.4 Å². The molecule has 1 aliphatic heterocycles. The molecule has 20 heavy (non-hydrogen) atoms. The normalized spacial score (nSPS) is 19.4. The first-order chi connectivity index (χ1) is 9.26. The molecule has 1 heterocycles. The highest BCUT2D eigenvalue weighted by atomic mass is 19.4. The Hall–Kier alpha value is -1.40. The molecule has 1 aromatic rings. The summed E-state index contributed by atoms with van der Waals surface area (Å²) < 4.78 is 76.6. The average Bonchev–Trinajstić information content (AvgIpc) is 2.90.